The number of sulfonamides is 1. The molecule has 4 amide bonds. The Morgan fingerprint density at radius 1 is 0.971 bits per heavy atom. The number of fused-ring (bicyclic) bond motifs is 1. The first-order valence-corrected chi connectivity index (χ1v) is 12.1. The molecule has 3 aromatic rings. The monoisotopic (exact) mass is 493 g/mol. The van der Waals surface area contributed by atoms with Crippen molar-refractivity contribution in [1.29, 1.82) is 0 Å². The summed E-state index contributed by atoms with van der Waals surface area (Å²) in [6.07, 6.45) is -0.996. The van der Waals surface area contributed by atoms with Crippen LogP contribution in [0.15, 0.2) is 83.8 Å². The Balaban J connectivity index is 1.42. The number of carbonyl (C=O) groups is 3. The molecule has 180 valence electrons. The van der Waals surface area contributed by atoms with Crippen LogP contribution >= 0.6 is 0 Å². The van der Waals surface area contributed by atoms with Crippen LogP contribution in [0.2, 0.25) is 0 Å². The lowest BCUT2D eigenvalue weighted by Gasteiger charge is -2.22. The molecule has 0 saturated heterocycles. The number of rotatable bonds is 5. The zero-order valence-electron chi connectivity index (χ0n) is 18.7. The zero-order chi connectivity index (χ0) is 25.0. The molecule has 3 aromatic carbocycles. The lowest BCUT2D eigenvalue weighted by Crippen LogP contribution is -2.54. The minimum absolute atomic E-state index is 0.162. The van der Waals surface area contributed by atoms with Crippen molar-refractivity contribution in [2.45, 2.75) is 17.6 Å². The lowest BCUT2D eigenvalue weighted by atomic mass is 10.1. The van der Waals surface area contributed by atoms with Crippen LogP contribution in [-0.2, 0) is 21.4 Å². The number of urea groups is 1. The first-order chi connectivity index (χ1) is 16.7. The Bertz CT molecular complexity index is 1380. The number of benzene rings is 3. The number of para-hydroxylation sites is 1. The number of nitrogens with one attached hydrogen (secondary N) is 4. The highest BCUT2D eigenvalue weighted by Crippen LogP contribution is 2.22. The Kier molecular flexibility index (Phi) is 6.80. The highest BCUT2D eigenvalue weighted by Gasteiger charge is 2.29. The number of likely N-dealkylation sites (N-methyl/N-ethyl adjacent to an activating group) is 1. The lowest BCUT2D eigenvalue weighted by molar-refractivity contribution is -0.120. The average molecular weight is 494 g/mol. The zero-order valence-corrected chi connectivity index (χ0v) is 19.5. The summed E-state index contributed by atoms with van der Waals surface area (Å²) in [5.74, 6) is -1.13. The first kappa shape index (κ1) is 23.9. The molecule has 1 heterocycles. The molecule has 0 aromatic heterocycles. The summed E-state index contributed by atoms with van der Waals surface area (Å²) in [5.41, 5.74) is 2.00. The SMILES string of the molecule is CN1C(=O)C(NC(=O)Nc2cccc(S(=O)(=O)NC(=O)c3ccccc3)c2)NCc2ccccc21. The van der Waals surface area contributed by atoms with Crippen LogP contribution in [0.25, 0.3) is 0 Å². The van der Waals surface area contributed by atoms with Gasteiger partial charge in [-0.3, -0.25) is 14.9 Å². The molecular weight excluding hydrogens is 470 g/mol. The number of anilines is 2. The molecule has 1 aliphatic rings. The van der Waals surface area contributed by atoms with Gasteiger partial charge in [-0.2, -0.15) is 0 Å². The van der Waals surface area contributed by atoms with Crippen LogP contribution in [0.4, 0.5) is 16.2 Å². The second-order valence-corrected chi connectivity index (χ2v) is 9.45. The van der Waals surface area contributed by atoms with Gasteiger partial charge in [0.2, 0.25) is 0 Å². The van der Waals surface area contributed by atoms with Crippen molar-refractivity contribution in [3.8, 4) is 0 Å². The standard InChI is InChI=1S/C24H23N5O5S/c1-29-20-13-6-5-10-17(20)15-25-21(23(29)31)27-24(32)26-18-11-7-12-19(14-18)35(33,34)28-22(30)16-8-3-2-4-9-16/h2-14,21,25H,15H2,1H3,(H,28,30)(H2,26,27,32). The van der Waals surface area contributed by atoms with Gasteiger partial charge in [0, 0.05) is 30.5 Å². The van der Waals surface area contributed by atoms with E-state index >= 15 is 0 Å². The van der Waals surface area contributed by atoms with Crippen molar-refractivity contribution < 1.29 is 22.8 Å². The molecule has 4 N–H and O–H groups in total. The Morgan fingerprint density at radius 3 is 2.46 bits per heavy atom. The predicted molar refractivity (Wildman–Crippen MR) is 130 cm³/mol. The molecule has 0 spiro atoms. The fourth-order valence-corrected chi connectivity index (χ4v) is 4.60. The van der Waals surface area contributed by atoms with Crippen molar-refractivity contribution in [3.05, 3.63) is 90.0 Å². The maximum atomic E-state index is 12.8. The van der Waals surface area contributed by atoms with E-state index in [9.17, 15) is 22.8 Å². The summed E-state index contributed by atoms with van der Waals surface area (Å²) < 4.78 is 27.4. The molecule has 1 aliphatic heterocycles. The normalized spacial score (nSPS) is 15.5. The topological polar surface area (TPSA) is 137 Å². The molecule has 35 heavy (non-hydrogen) atoms. The third-order valence-electron chi connectivity index (χ3n) is 5.37. The van der Waals surface area contributed by atoms with Crippen LogP contribution in [0.5, 0.6) is 0 Å². The Hall–Kier alpha value is -4.22. The summed E-state index contributed by atoms with van der Waals surface area (Å²) in [4.78, 5) is 38.9. The first-order valence-electron chi connectivity index (χ1n) is 10.6. The third-order valence-corrected chi connectivity index (χ3v) is 6.70. The maximum Gasteiger partial charge on any atom is 0.320 e. The van der Waals surface area contributed by atoms with Crippen LogP contribution in [0.3, 0.4) is 0 Å². The van der Waals surface area contributed by atoms with E-state index in [1.165, 1.54) is 41.3 Å². The number of hydrogen-bond acceptors (Lipinski definition) is 6. The van der Waals surface area contributed by atoms with E-state index < -0.39 is 28.1 Å². The van der Waals surface area contributed by atoms with Crippen molar-refractivity contribution in [2.75, 3.05) is 17.3 Å². The maximum absolute atomic E-state index is 12.8. The summed E-state index contributed by atoms with van der Waals surface area (Å²) >= 11 is 0. The van der Waals surface area contributed by atoms with E-state index in [1.807, 2.05) is 29.0 Å². The molecule has 10 nitrogen and oxygen atoms in total. The fraction of sp³-hybridized carbons (Fsp3) is 0.125. The van der Waals surface area contributed by atoms with Gasteiger partial charge in [-0.1, -0.05) is 42.5 Å². The number of carbonyl (C=O) groups excluding carboxylic acids is 3. The summed E-state index contributed by atoms with van der Waals surface area (Å²) in [6, 6.07) is 20.0. The fourth-order valence-electron chi connectivity index (χ4n) is 3.58. The van der Waals surface area contributed by atoms with Gasteiger partial charge >= 0.3 is 6.03 Å². The predicted octanol–water partition coefficient (Wildman–Crippen LogP) is 2.02. The minimum atomic E-state index is -4.19. The number of nitrogens with zero attached hydrogens (tertiary/aromatic N) is 1. The minimum Gasteiger partial charge on any atom is -0.314 e. The number of amides is 4. The summed E-state index contributed by atoms with van der Waals surface area (Å²) in [6.45, 7) is 0.367. The van der Waals surface area contributed by atoms with E-state index in [4.69, 9.17) is 0 Å². The molecule has 0 bridgehead atoms. The van der Waals surface area contributed by atoms with E-state index in [2.05, 4.69) is 16.0 Å². The van der Waals surface area contributed by atoms with Gasteiger partial charge in [0.15, 0.2) is 6.17 Å². The molecule has 1 atom stereocenters. The quantitative estimate of drug-likeness (QED) is 0.429. The molecule has 0 radical (unpaired) electrons. The van der Waals surface area contributed by atoms with E-state index in [0.717, 1.165) is 11.3 Å². The van der Waals surface area contributed by atoms with Gasteiger partial charge in [0.25, 0.3) is 21.8 Å². The number of hydrogen-bond donors (Lipinski definition) is 4. The highest BCUT2D eigenvalue weighted by molar-refractivity contribution is 7.90. The van der Waals surface area contributed by atoms with Gasteiger partial charge in [-0.05, 0) is 42.0 Å². The second-order valence-electron chi connectivity index (χ2n) is 7.77. The van der Waals surface area contributed by atoms with Gasteiger partial charge in [-0.25, -0.2) is 17.9 Å². The van der Waals surface area contributed by atoms with Crippen LogP contribution in [0.1, 0.15) is 15.9 Å². The molecule has 1 unspecified atom stereocenters. The van der Waals surface area contributed by atoms with Crippen LogP contribution in [-0.4, -0.2) is 39.5 Å². The van der Waals surface area contributed by atoms with Gasteiger partial charge in [-0.15, -0.1) is 0 Å². The van der Waals surface area contributed by atoms with E-state index in [-0.39, 0.29) is 22.1 Å². The molecule has 0 fully saturated rings. The van der Waals surface area contributed by atoms with Gasteiger partial charge in [0.1, 0.15) is 0 Å². The van der Waals surface area contributed by atoms with Crippen molar-refractivity contribution in [2.24, 2.45) is 0 Å². The molecule has 0 aliphatic carbocycles. The summed E-state index contributed by atoms with van der Waals surface area (Å²) in [5, 5.41) is 8.09. The molecule has 4 rings (SSSR count). The average Bonchev–Trinajstić information content (AvgIpc) is 2.97. The molecule has 11 heteroatoms. The molecular formula is C24H23N5O5S. The van der Waals surface area contributed by atoms with Crippen LogP contribution in [0, 0.1) is 0 Å². The highest BCUT2D eigenvalue weighted by atomic mass is 32.2. The summed E-state index contributed by atoms with van der Waals surface area (Å²) in [7, 11) is -2.57. The van der Waals surface area contributed by atoms with Gasteiger partial charge < -0.3 is 15.5 Å². The Labute approximate surface area is 202 Å². The van der Waals surface area contributed by atoms with E-state index in [1.54, 1.807) is 25.2 Å². The van der Waals surface area contributed by atoms with E-state index in [0.29, 0.717) is 6.54 Å². The smallest absolute Gasteiger partial charge is 0.314 e. The third kappa shape index (κ3) is 5.48. The van der Waals surface area contributed by atoms with Crippen molar-refractivity contribution in [3.63, 3.8) is 0 Å². The van der Waals surface area contributed by atoms with Crippen molar-refractivity contribution >= 4 is 39.2 Å². The van der Waals surface area contributed by atoms with Crippen LogP contribution < -0.4 is 25.6 Å². The van der Waals surface area contributed by atoms with Gasteiger partial charge in [0.05, 0.1) is 4.90 Å². The van der Waals surface area contributed by atoms with Crippen molar-refractivity contribution in [1.82, 2.24) is 15.4 Å². The Morgan fingerprint density at radius 2 is 1.69 bits per heavy atom. The largest absolute Gasteiger partial charge is 0.320 e. The second kappa shape index (κ2) is 9.95. The molecule has 0 saturated carbocycles.